The number of nitrogens with one attached hydrogen (secondary N) is 1. The molecule has 0 spiro atoms. The molecular weight excluding hydrogens is 196 g/mol. The molecule has 1 aliphatic heterocycles. The lowest BCUT2D eigenvalue weighted by Crippen LogP contribution is -2.55. The van der Waals surface area contributed by atoms with Gasteiger partial charge in [0.1, 0.15) is 0 Å². The molecule has 0 bridgehead atoms. The van der Waals surface area contributed by atoms with Crippen LogP contribution in [-0.4, -0.2) is 36.1 Å². The van der Waals surface area contributed by atoms with Gasteiger partial charge in [0, 0.05) is 11.6 Å². The van der Waals surface area contributed by atoms with Crippen LogP contribution in [0.4, 0.5) is 0 Å². The molecule has 2 fully saturated rings. The molecule has 1 saturated carbocycles. The van der Waals surface area contributed by atoms with E-state index in [2.05, 4.69) is 31.0 Å². The fourth-order valence-electron chi connectivity index (χ4n) is 3.41. The number of hydrogen-bond donors (Lipinski definition) is 1. The molecule has 0 radical (unpaired) electrons. The fraction of sp³-hybridized carbons (Fsp3) is 1.00. The van der Waals surface area contributed by atoms with Crippen LogP contribution in [0.15, 0.2) is 0 Å². The van der Waals surface area contributed by atoms with Crippen molar-refractivity contribution in [2.75, 3.05) is 19.6 Å². The second-order valence-corrected chi connectivity index (χ2v) is 6.22. The van der Waals surface area contributed by atoms with E-state index in [0.29, 0.717) is 5.54 Å². The van der Waals surface area contributed by atoms with E-state index in [1.807, 2.05) is 0 Å². The fourth-order valence-corrected chi connectivity index (χ4v) is 3.41. The molecular formula is C14H28N2. The zero-order valence-electron chi connectivity index (χ0n) is 11.3. The molecule has 1 N–H and O–H groups in total. The summed E-state index contributed by atoms with van der Waals surface area (Å²) in [5.74, 6) is 0.920. The third-order valence-corrected chi connectivity index (χ3v) is 4.58. The van der Waals surface area contributed by atoms with Crippen molar-refractivity contribution in [3.63, 3.8) is 0 Å². The first-order valence-corrected chi connectivity index (χ1v) is 7.12. The summed E-state index contributed by atoms with van der Waals surface area (Å²) in [7, 11) is 0. The zero-order chi connectivity index (χ0) is 11.6. The average molecular weight is 224 g/mol. The van der Waals surface area contributed by atoms with Gasteiger partial charge >= 0.3 is 0 Å². The Balaban J connectivity index is 1.81. The van der Waals surface area contributed by atoms with Gasteiger partial charge in [-0.25, -0.2) is 0 Å². The maximum absolute atomic E-state index is 3.59. The third-order valence-electron chi connectivity index (χ3n) is 4.58. The third kappa shape index (κ3) is 2.43. The van der Waals surface area contributed by atoms with Crippen molar-refractivity contribution in [3.05, 3.63) is 0 Å². The van der Waals surface area contributed by atoms with Gasteiger partial charge in [-0.1, -0.05) is 6.92 Å². The Morgan fingerprint density at radius 1 is 1.31 bits per heavy atom. The molecule has 2 atom stereocenters. The minimum atomic E-state index is 0.466. The summed E-state index contributed by atoms with van der Waals surface area (Å²) in [6.45, 7) is 10.9. The second kappa shape index (κ2) is 5.05. The quantitative estimate of drug-likeness (QED) is 0.722. The van der Waals surface area contributed by atoms with Gasteiger partial charge in [-0.2, -0.15) is 0 Å². The van der Waals surface area contributed by atoms with Crippen LogP contribution in [0.5, 0.6) is 0 Å². The van der Waals surface area contributed by atoms with Gasteiger partial charge < -0.3 is 5.32 Å². The number of likely N-dealkylation sites (tertiary alicyclic amines) is 1. The zero-order valence-corrected chi connectivity index (χ0v) is 11.3. The van der Waals surface area contributed by atoms with Crippen LogP contribution in [0.3, 0.4) is 0 Å². The smallest absolute Gasteiger partial charge is 0.0156 e. The normalized spacial score (nSPS) is 33.9. The number of rotatable bonds is 5. The highest BCUT2D eigenvalue weighted by molar-refractivity contribution is 4.99. The van der Waals surface area contributed by atoms with Gasteiger partial charge in [0.05, 0.1) is 0 Å². The summed E-state index contributed by atoms with van der Waals surface area (Å²) in [6.07, 6.45) is 6.92. The molecule has 2 rings (SSSR count). The Morgan fingerprint density at radius 2 is 2.12 bits per heavy atom. The Morgan fingerprint density at radius 3 is 2.62 bits per heavy atom. The Labute approximate surface area is 101 Å². The summed E-state index contributed by atoms with van der Waals surface area (Å²) in [4.78, 5) is 2.79. The first kappa shape index (κ1) is 12.4. The predicted molar refractivity (Wildman–Crippen MR) is 69.7 cm³/mol. The van der Waals surface area contributed by atoms with Crippen molar-refractivity contribution in [2.45, 2.75) is 64.5 Å². The van der Waals surface area contributed by atoms with E-state index in [9.17, 15) is 0 Å². The van der Waals surface area contributed by atoms with Gasteiger partial charge in [0.15, 0.2) is 0 Å². The molecule has 0 aromatic heterocycles. The molecule has 2 aliphatic rings. The largest absolute Gasteiger partial charge is 0.316 e. The highest BCUT2D eigenvalue weighted by Crippen LogP contribution is 2.40. The molecule has 0 aromatic carbocycles. The minimum Gasteiger partial charge on any atom is -0.316 e. The maximum atomic E-state index is 3.59. The maximum Gasteiger partial charge on any atom is 0.0156 e. The topological polar surface area (TPSA) is 15.3 Å². The molecule has 94 valence electrons. The molecule has 1 aliphatic carbocycles. The van der Waals surface area contributed by atoms with E-state index in [4.69, 9.17) is 0 Å². The van der Waals surface area contributed by atoms with E-state index < -0.39 is 0 Å². The van der Waals surface area contributed by atoms with Gasteiger partial charge in [0.2, 0.25) is 0 Å². The SMILES string of the molecule is CCCNCC1CCC1N1CCCC1(C)C. The summed E-state index contributed by atoms with van der Waals surface area (Å²) in [6, 6.07) is 0.877. The molecule has 0 amide bonds. The predicted octanol–water partition coefficient (Wildman–Crippen LogP) is 2.64. The highest BCUT2D eigenvalue weighted by atomic mass is 15.2. The molecule has 2 unspecified atom stereocenters. The van der Waals surface area contributed by atoms with Gasteiger partial charge in [-0.3, -0.25) is 4.90 Å². The molecule has 2 heteroatoms. The van der Waals surface area contributed by atoms with Crippen LogP contribution < -0.4 is 5.32 Å². The van der Waals surface area contributed by atoms with E-state index in [1.165, 1.54) is 51.7 Å². The number of hydrogen-bond acceptors (Lipinski definition) is 2. The van der Waals surface area contributed by atoms with Gasteiger partial charge in [0.25, 0.3) is 0 Å². The average Bonchev–Trinajstić information content (AvgIpc) is 2.52. The molecule has 1 saturated heterocycles. The van der Waals surface area contributed by atoms with E-state index in [-0.39, 0.29) is 0 Å². The molecule has 0 aromatic rings. The van der Waals surface area contributed by atoms with Crippen molar-refractivity contribution in [3.8, 4) is 0 Å². The first-order chi connectivity index (χ1) is 7.65. The Bertz CT molecular complexity index is 225. The first-order valence-electron chi connectivity index (χ1n) is 7.12. The lowest BCUT2D eigenvalue weighted by Gasteiger charge is -2.48. The van der Waals surface area contributed by atoms with Crippen LogP contribution >= 0.6 is 0 Å². The lowest BCUT2D eigenvalue weighted by atomic mass is 9.77. The Hall–Kier alpha value is -0.0800. The van der Waals surface area contributed by atoms with Crippen molar-refractivity contribution >= 4 is 0 Å². The molecule has 1 heterocycles. The summed E-state index contributed by atoms with van der Waals surface area (Å²) >= 11 is 0. The van der Waals surface area contributed by atoms with Crippen molar-refractivity contribution < 1.29 is 0 Å². The molecule has 16 heavy (non-hydrogen) atoms. The van der Waals surface area contributed by atoms with Crippen LogP contribution in [0.2, 0.25) is 0 Å². The Kier molecular flexibility index (Phi) is 3.91. The highest BCUT2D eigenvalue weighted by Gasteiger charge is 2.43. The minimum absolute atomic E-state index is 0.466. The van der Waals surface area contributed by atoms with Crippen molar-refractivity contribution in [1.29, 1.82) is 0 Å². The van der Waals surface area contributed by atoms with Crippen LogP contribution in [0.25, 0.3) is 0 Å². The van der Waals surface area contributed by atoms with E-state index >= 15 is 0 Å². The van der Waals surface area contributed by atoms with Crippen LogP contribution in [0.1, 0.15) is 52.9 Å². The monoisotopic (exact) mass is 224 g/mol. The van der Waals surface area contributed by atoms with Crippen LogP contribution in [-0.2, 0) is 0 Å². The summed E-state index contributed by atoms with van der Waals surface area (Å²) in [5, 5.41) is 3.59. The van der Waals surface area contributed by atoms with Crippen molar-refractivity contribution in [2.24, 2.45) is 5.92 Å². The second-order valence-electron chi connectivity index (χ2n) is 6.22. The van der Waals surface area contributed by atoms with Gasteiger partial charge in [-0.05, 0) is 71.5 Å². The molecule has 2 nitrogen and oxygen atoms in total. The van der Waals surface area contributed by atoms with Crippen LogP contribution in [0, 0.1) is 5.92 Å². The van der Waals surface area contributed by atoms with Crippen molar-refractivity contribution in [1.82, 2.24) is 10.2 Å². The lowest BCUT2D eigenvalue weighted by molar-refractivity contribution is 0.0177. The van der Waals surface area contributed by atoms with E-state index in [1.54, 1.807) is 0 Å². The van der Waals surface area contributed by atoms with E-state index in [0.717, 1.165) is 12.0 Å². The summed E-state index contributed by atoms with van der Waals surface area (Å²) < 4.78 is 0. The van der Waals surface area contributed by atoms with Gasteiger partial charge in [-0.15, -0.1) is 0 Å². The standard InChI is InChI=1S/C14H28N2/c1-4-9-15-11-12-6-7-13(12)16-10-5-8-14(16,2)3/h12-13,15H,4-11H2,1-3H3. The summed E-state index contributed by atoms with van der Waals surface area (Å²) in [5.41, 5.74) is 0.466. The number of nitrogens with zero attached hydrogens (tertiary/aromatic N) is 1.